The van der Waals surface area contributed by atoms with Crippen LogP contribution in [-0.4, -0.2) is 50.1 Å². The molecule has 2 aromatic rings. The van der Waals surface area contributed by atoms with E-state index in [-0.39, 0.29) is 6.10 Å². The van der Waals surface area contributed by atoms with E-state index < -0.39 is 6.10 Å². The largest absolute Gasteiger partial charge is 0.483 e. The molecule has 0 bridgehead atoms. The zero-order valence-corrected chi connectivity index (χ0v) is 13.0. The van der Waals surface area contributed by atoms with Crippen molar-refractivity contribution >= 4 is 0 Å². The van der Waals surface area contributed by atoms with Gasteiger partial charge < -0.3 is 9.84 Å². The van der Waals surface area contributed by atoms with Crippen molar-refractivity contribution in [3.8, 4) is 5.75 Å². The Labute approximate surface area is 130 Å². The maximum Gasteiger partial charge on any atom is 0.157 e. The minimum atomic E-state index is -0.484. The minimum absolute atomic E-state index is 0.216. The minimum Gasteiger partial charge on any atom is -0.483 e. The number of β-amino-alcohol motifs (C(OH)–C–C–N with tert-alkyl or cyclic N) is 1. The zero-order valence-electron chi connectivity index (χ0n) is 13.0. The van der Waals surface area contributed by atoms with E-state index in [1.165, 1.54) is 5.56 Å². The molecule has 118 valence electrons. The first kappa shape index (κ1) is 15.0. The van der Waals surface area contributed by atoms with Crippen LogP contribution in [0.5, 0.6) is 5.75 Å². The van der Waals surface area contributed by atoms with Gasteiger partial charge in [0.05, 0.1) is 12.4 Å². The fraction of sp³-hybridized carbons (Fsp3) is 0.500. The lowest BCUT2D eigenvalue weighted by atomic mass is 10.2. The molecule has 2 atom stereocenters. The fourth-order valence-electron chi connectivity index (χ4n) is 2.76. The number of aliphatic hydroxyl groups is 1. The molecule has 0 amide bonds. The van der Waals surface area contributed by atoms with E-state index >= 15 is 0 Å². The maximum atomic E-state index is 10.2. The zero-order chi connectivity index (χ0) is 15.5. The molecule has 1 aliphatic heterocycles. The molecule has 1 saturated heterocycles. The summed E-state index contributed by atoms with van der Waals surface area (Å²) in [6.45, 7) is 6.94. The summed E-state index contributed by atoms with van der Waals surface area (Å²) in [6.07, 6.45) is 4.66. The lowest BCUT2D eigenvalue weighted by molar-refractivity contribution is 0.0736. The van der Waals surface area contributed by atoms with E-state index in [0.29, 0.717) is 18.8 Å². The lowest BCUT2D eigenvalue weighted by Crippen LogP contribution is -2.29. The van der Waals surface area contributed by atoms with Crippen LogP contribution in [0.1, 0.15) is 18.2 Å². The second-order valence-corrected chi connectivity index (χ2v) is 5.70. The Hall–Kier alpha value is -1.92. The summed E-state index contributed by atoms with van der Waals surface area (Å²) in [5.41, 5.74) is 2.22. The molecule has 0 aliphatic carbocycles. The van der Waals surface area contributed by atoms with Gasteiger partial charge in [0.1, 0.15) is 12.2 Å². The SMILES string of the molecule is CCn1cc(O[C@@H]2CN(Cc3cccnc3C)C[C@H]2O)cn1. The smallest absolute Gasteiger partial charge is 0.157 e. The van der Waals surface area contributed by atoms with Crippen LogP contribution in [-0.2, 0) is 13.1 Å². The summed E-state index contributed by atoms with van der Waals surface area (Å²) in [6, 6.07) is 4.02. The van der Waals surface area contributed by atoms with Gasteiger partial charge in [0.25, 0.3) is 0 Å². The highest BCUT2D eigenvalue weighted by Crippen LogP contribution is 2.20. The molecule has 3 heterocycles. The van der Waals surface area contributed by atoms with Crippen molar-refractivity contribution in [3.63, 3.8) is 0 Å². The second-order valence-electron chi connectivity index (χ2n) is 5.70. The fourth-order valence-corrected chi connectivity index (χ4v) is 2.76. The number of hydrogen-bond donors (Lipinski definition) is 1. The van der Waals surface area contributed by atoms with E-state index in [2.05, 4.69) is 21.0 Å². The van der Waals surface area contributed by atoms with Gasteiger partial charge in [-0.25, -0.2) is 0 Å². The van der Waals surface area contributed by atoms with E-state index in [4.69, 9.17) is 4.74 Å². The molecule has 0 spiro atoms. The summed E-state index contributed by atoms with van der Waals surface area (Å²) < 4.78 is 7.69. The predicted molar refractivity (Wildman–Crippen MR) is 82.6 cm³/mol. The number of ether oxygens (including phenoxy) is 1. The molecule has 1 N–H and O–H groups in total. The van der Waals surface area contributed by atoms with E-state index in [0.717, 1.165) is 18.8 Å². The van der Waals surface area contributed by atoms with Crippen LogP contribution < -0.4 is 4.74 Å². The Kier molecular flexibility index (Phi) is 4.40. The second kappa shape index (κ2) is 6.46. The van der Waals surface area contributed by atoms with Crippen molar-refractivity contribution in [1.29, 1.82) is 0 Å². The third kappa shape index (κ3) is 3.28. The molecule has 0 radical (unpaired) electrons. The Morgan fingerprint density at radius 2 is 2.27 bits per heavy atom. The Balaban J connectivity index is 1.60. The average Bonchev–Trinajstić information content (AvgIpc) is 3.09. The van der Waals surface area contributed by atoms with Gasteiger partial charge >= 0.3 is 0 Å². The predicted octanol–water partition coefficient (Wildman–Crippen LogP) is 1.23. The van der Waals surface area contributed by atoms with Crippen molar-refractivity contribution in [2.24, 2.45) is 0 Å². The van der Waals surface area contributed by atoms with Crippen LogP contribution in [0.25, 0.3) is 0 Å². The Bertz CT molecular complexity index is 628. The monoisotopic (exact) mass is 302 g/mol. The molecule has 1 aliphatic rings. The number of aryl methyl sites for hydroxylation is 2. The van der Waals surface area contributed by atoms with Gasteiger partial charge in [0, 0.05) is 38.1 Å². The van der Waals surface area contributed by atoms with Crippen molar-refractivity contribution in [3.05, 3.63) is 42.0 Å². The highest BCUT2D eigenvalue weighted by atomic mass is 16.5. The molecule has 3 rings (SSSR count). The molecule has 22 heavy (non-hydrogen) atoms. The Morgan fingerprint density at radius 3 is 3.00 bits per heavy atom. The molecule has 0 saturated carbocycles. The third-order valence-corrected chi connectivity index (χ3v) is 4.04. The molecular weight excluding hydrogens is 280 g/mol. The highest BCUT2D eigenvalue weighted by molar-refractivity contribution is 5.18. The number of likely N-dealkylation sites (tertiary alicyclic amines) is 1. The molecule has 2 aromatic heterocycles. The number of nitrogens with zero attached hydrogens (tertiary/aromatic N) is 4. The van der Waals surface area contributed by atoms with Gasteiger partial charge in [0.15, 0.2) is 5.75 Å². The van der Waals surface area contributed by atoms with Gasteiger partial charge in [-0.05, 0) is 25.5 Å². The van der Waals surface area contributed by atoms with Crippen LogP contribution in [0, 0.1) is 6.92 Å². The van der Waals surface area contributed by atoms with Crippen LogP contribution >= 0.6 is 0 Å². The molecule has 0 aromatic carbocycles. The first-order valence-corrected chi connectivity index (χ1v) is 7.65. The van der Waals surface area contributed by atoms with Crippen LogP contribution in [0.15, 0.2) is 30.7 Å². The number of rotatable bonds is 5. The molecule has 1 fully saturated rings. The van der Waals surface area contributed by atoms with E-state index in [1.807, 2.05) is 30.8 Å². The number of hydrogen-bond acceptors (Lipinski definition) is 5. The van der Waals surface area contributed by atoms with Crippen LogP contribution in [0.2, 0.25) is 0 Å². The number of aromatic nitrogens is 3. The van der Waals surface area contributed by atoms with Gasteiger partial charge in [-0.3, -0.25) is 14.6 Å². The van der Waals surface area contributed by atoms with Crippen molar-refractivity contribution in [1.82, 2.24) is 19.7 Å². The molecule has 6 heteroatoms. The third-order valence-electron chi connectivity index (χ3n) is 4.04. The van der Waals surface area contributed by atoms with Crippen LogP contribution in [0.3, 0.4) is 0 Å². The Morgan fingerprint density at radius 1 is 1.41 bits per heavy atom. The van der Waals surface area contributed by atoms with Gasteiger partial charge in [-0.2, -0.15) is 5.10 Å². The summed E-state index contributed by atoms with van der Waals surface area (Å²) in [5, 5.41) is 14.4. The van der Waals surface area contributed by atoms with Crippen LogP contribution in [0.4, 0.5) is 0 Å². The van der Waals surface area contributed by atoms with Gasteiger partial charge in [-0.1, -0.05) is 6.07 Å². The van der Waals surface area contributed by atoms with Gasteiger partial charge in [0.2, 0.25) is 0 Å². The van der Waals surface area contributed by atoms with Crippen molar-refractivity contribution < 1.29 is 9.84 Å². The quantitative estimate of drug-likeness (QED) is 0.900. The lowest BCUT2D eigenvalue weighted by Gasteiger charge is -2.16. The number of aliphatic hydroxyl groups excluding tert-OH is 1. The molecule has 0 unspecified atom stereocenters. The maximum absolute atomic E-state index is 10.2. The van der Waals surface area contributed by atoms with Crippen molar-refractivity contribution in [2.45, 2.75) is 39.1 Å². The average molecular weight is 302 g/mol. The molecule has 6 nitrogen and oxygen atoms in total. The van der Waals surface area contributed by atoms with E-state index in [9.17, 15) is 5.11 Å². The number of pyridine rings is 1. The first-order valence-electron chi connectivity index (χ1n) is 7.65. The van der Waals surface area contributed by atoms with E-state index in [1.54, 1.807) is 12.4 Å². The standard InChI is InChI=1S/C16H22N4O2/c1-3-20-9-14(7-18-20)22-16-11-19(10-15(16)21)8-13-5-4-6-17-12(13)2/h4-7,9,15-16,21H,3,8,10-11H2,1-2H3/t15-,16-/m1/s1. The first-order chi connectivity index (χ1) is 10.7. The van der Waals surface area contributed by atoms with Gasteiger partial charge in [-0.15, -0.1) is 0 Å². The molecular formula is C16H22N4O2. The summed E-state index contributed by atoms with van der Waals surface area (Å²) in [4.78, 5) is 6.51. The summed E-state index contributed by atoms with van der Waals surface area (Å²) in [7, 11) is 0. The highest BCUT2D eigenvalue weighted by Gasteiger charge is 2.33. The summed E-state index contributed by atoms with van der Waals surface area (Å²) >= 11 is 0. The topological polar surface area (TPSA) is 63.4 Å². The summed E-state index contributed by atoms with van der Waals surface area (Å²) in [5.74, 6) is 0.713. The normalized spacial score (nSPS) is 22.1. The van der Waals surface area contributed by atoms with Crippen molar-refractivity contribution in [2.75, 3.05) is 13.1 Å².